The van der Waals surface area contributed by atoms with E-state index in [0.29, 0.717) is 44.2 Å². The monoisotopic (exact) mass is 417 g/mol. The summed E-state index contributed by atoms with van der Waals surface area (Å²) in [6.07, 6.45) is 0. The van der Waals surface area contributed by atoms with Gasteiger partial charge in [0, 0.05) is 19.0 Å². The van der Waals surface area contributed by atoms with Crippen molar-refractivity contribution in [3.8, 4) is 5.75 Å². The molecular weight excluding hydrogens is 394 g/mol. The Morgan fingerprint density at radius 1 is 1.14 bits per heavy atom. The van der Waals surface area contributed by atoms with Gasteiger partial charge in [0.05, 0.1) is 25.9 Å². The molecular formula is C22H24ClNO5. The molecule has 1 amide bonds. The van der Waals surface area contributed by atoms with E-state index in [1.54, 1.807) is 17.0 Å². The third-order valence-corrected chi connectivity index (χ3v) is 5.61. The molecule has 0 unspecified atom stereocenters. The van der Waals surface area contributed by atoms with Gasteiger partial charge >= 0.3 is 5.97 Å². The fourth-order valence-corrected chi connectivity index (χ4v) is 4.06. The zero-order chi connectivity index (χ0) is 19.6. The maximum atomic E-state index is 13.2. The average molecular weight is 418 g/mol. The molecule has 0 bridgehead atoms. The van der Waals surface area contributed by atoms with Crippen LogP contribution in [0.15, 0.2) is 54.6 Å². The van der Waals surface area contributed by atoms with Crippen LogP contribution in [-0.2, 0) is 20.9 Å². The highest BCUT2D eigenvalue weighted by atomic mass is 35.5. The summed E-state index contributed by atoms with van der Waals surface area (Å²) in [6, 6.07) is 17.0. The summed E-state index contributed by atoms with van der Waals surface area (Å²) in [4.78, 5) is 27.3. The molecule has 0 radical (unpaired) electrons. The first-order valence-corrected chi connectivity index (χ1v) is 9.35. The van der Waals surface area contributed by atoms with E-state index in [1.807, 2.05) is 42.5 Å². The van der Waals surface area contributed by atoms with E-state index >= 15 is 0 Å². The van der Waals surface area contributed by atoms with E-state index in [4.69, 9.17) is 14.2 Å². The summed E-state index contributed by atoms with van der Waals surface area (Å²) in [5.41, 5.74) is 0.770. The number of amides is 1. The molecule has 2 aromatic carbocycles. The maximum absolute atomic E-state index is 13.2. The molecule has 2 aromatic rings. The van der Waals surface area contributed by atoms with Crippen LogP contribution in [0.3, 0.4) is 0 Å². The first kappa shape index (κ1) is 21.1. The Hall–Kier alpha value is -2.57. The van der Waals surface area contributed by atoms with Gasteiger partial charge in [0.15, 0.2) is 0 Å². The van der Waals surface area contributed by atoms with E-state index in [-0.39, 0.29) is 30.2 Å². The second-order valence-corrected chi connectivity index (χ2v) is 7.32. The minimum absolute atomic E-state index is 0. The molecule has 2 heterocycles. The Morgan fingerprint density at radius 3 is 2.62 bits per heavy atom. The van der Waals surface area contributed by atoms with Crippen molar-refractivity contribution < 1.29 is 23.8 Å². The third kappa shape index (κ3) is 3.95. The highest BCUT2D eigenvalue weighted by Crippen LogP contribution is 2.43. The molecule has 4 rings (SSSR count). The standard InChI is InChI=1S/C22H23NO5.ClH/c1-26-21(25)22-14-23(11-17(22)13-27-15-22)20(24)18-9-5-6-10-19(18)28-12-16-7-3-2-4-8-16;/h2-10,17H,11-15H2,1H3;1H/t17-,22-;/m0./s1. The van der Waals surface area contributed by atoms with Crippen molar-refractivity contribution in [2.75, 3.05) is 33.4 Å². The zero-order valence-corrected chi connectivity index (χ0v) is 17.0. The lowest BCUT2D eigenvalue weighted by atomic mass is 9.81. The number of methoxy groups -OCH3 is 1. The molecule has 2 atom stereocenters. The summed E-state index contributed by atoms with van der Waals surface area (Å²) in [6.45, 7) is 1.91. The lowest BCUT2D eigenvalue weighted by molar-refractivity contribution is -0.153. The van der Waals surface area contributed by atoms with Crippen molar-refractivity contribution in [2.24, 2.45) is 11.3 Å². The highest BCUT2D eigenvalue weighted by molar-refractivity contribution is 5.97. The van der Waals surface area contributed by atoms with Crippen LogP contribution in [0, 0.1) is 11.3 Å². The van der Waals surface area contributed by atoms with Crippen molar-refractivity contribution in [3.63, 3.8) is 0 Å². The van der Waals surface area contributed by atoms with Crippen LogP contribution in [0.4, 0.5) is 0 Å². The van der Waals surface area contributed by atoms with Crippen molar-refractivity contribution in [1.29, 1.82) is 0 Å². The van der Waals surface area contributed by atoms with Gasteiger partial charge in [-0.15, -0.1) is 12.4 Å². The lowest BCUT2D eigenvalue weighted by Gasteiger charge is -2.24. The van der Waals surface area contributed by atoms with Crippen LogP contribution >= 0.6 is 12.4 Å². The summed E-state index contributed by atoms with van der Waals surface area (Å²) >= 11 is 0. The molecule has 2 aliphatic heterocycles. The number of hydrogen-bond acceptors (Lipinski definition) is 5. The fraction of sp³-hybridized carbons (Fsp3) is 0.364. The van der Waals surface area contributed by atoms with Gasteiger partial charge in [0.1, 0.15) is 17.8 Å². The Morgan fingerprint density at radius 2 is 1.86 bits per heavy atom. The van der Waals surface area contributed by atoms with E-state index in [9.17, 15) is 9.59 Å². The largest absolute Gasteiger partial charge is 0.488 e. The molecule has 0 spiro atoms. The highest BCUT2D eigenvalue weighted by Gasteiger charge is 2.57. The minimum atomic E-state index is -0.760. The number of carbonyl (C=O) groups excluding carboxylic acids is 2. The Bertz CT molecular complexity index is 875. The maximum Gasteiger partial charge on any atom is 0.316 e. The predicted octanol–water partition coefficient (Wildman–Crippen LogP) is 2.95. The summed E-state index contributed by atoms with van der Waals surface area (Å²) in [5, 5.41) is 0. The average Bonchev–Trinajstić information content (AvgIpc) is 3.31. The van der Waals surface area contributed by atoms with Crippen LogP contribution in [0.1, 0.15) is 15.9 Å². The Labute approximate surface area is 176 Å². The summed E-state index contributed by atoms with van der Waals surface area (Å²) in [7, 11) is 1.38. The van der Waals surface area contributed by atoms with Crippen LogP contribution in [0.25, 0.3) is 0 Å². The lowest BCUT2D eigenvalue weighted by Crippen LogP contribution is -2.41. The topological polar surface area (TPSA) is 65.1 Å². The van der Waals surface area contributed by atoms with Gasteiger partial charge in [-0.1, -0.05) is 42.5 Å². The van der Waals surface area contributed by atoms with Crippen molar-refractivity contribution >= 4 is 24.3 Å². The predicted molar refractivity (Wildman–Crippen MR) is 109 cm³/mol. The molecule has 2 fully saturated rings. The number of ether oxygens (including phenoxy) is 3. The molecule has 0 saturated carbocycles. The van der Waals surface area contributed by atoms with Crippen molar-refractivity contribution in [3.05, 3.63) is 65.7 Å². The number of fused-ring (bicyclic) bond motifs is 1. The Balaban J connectivity index is 0.00000240. The molecule has 2 saturated heterocycles. The molecule has 29 heavy (non-hydrogen) atoms. The van der Waals surface area contributed by atoms with E-state index in [0.717, 1.165) is 5.56 Å². The van der Waals surface area contributed by atoms with Crippen molar-refractivity contribution in [2.45, 2.75) is 6.61 Å². The van der Waals surface area contributed by atoms with Gasteiger partial charge in [-0.05, 0) is 17.7 Å². The number of hydrogen-bond donors (Lipinski definition) is 0. The van der Waals surface area contributed by atoms with Crippen LogP contribution in [-0.4, -0.2) is 50.2 Å². The van der Waals surface area contributed by atoms with Gasteiger partial charge in [-0.2, -0.15) is 0 Å². The number of benzene rings is 2. The zero-order valence-electron chi connectivity index (χ0n) is 16.2. The van der Waals surface area contributed by atoms with E-state index < -0.39 is 5.41 Å². The van der Waals surface area contributed by atoms with Gasteiger partial charge in [0.25, 0.3) is 5.91 Å². The minimum Gasteiger partial charge on any atom is -0.488 e. The third-order valence-electron chi connectivity index (χ3n) is 5.61. The molecule has 0 aromatic heterocycles. The van der Waals surface area contributed by atoms with Gasteiger partial charge in [0.2, 0.25) is 0 Å². The Kier molecular flexibility index (Phi) is 6.45. The quantitative estimate of drug-likeness (QED) is 0.700. The van der Waals surface area contributed by atoms with Crippen LogP contribution in [0.2, 0.25) is 0 Å². The first-order valence-electron chi connectivity index (χ1n) is 9.35. The summed E-state index contributed by atoms with van der Waals surface area (Å²) in [5.74, 6) is 0.0540. The second kappa shape index (κ2) is 8.84. The number of rotatable bonds is 5. The van der Waals surface area contributed by atoms with E-state index in [1.165, 1.54) is 7.11 Å². The molecule has 6 nitrogen and oxygen atoms in total. The number of para-hydroxylation sites is 1. The summed E-state index contributed by atoms with van der Waals surface area (Å²) < 4.78 is 16.4. The molecule has 2 aliphatic rings. The molecule has 7 heteroatoms. The first-order chi connectivity index (χ1) is 13.6. The molecule has 0 aliphatic carbocycles. The van der Waals surface area contributed by atoms with Gasteiger partial charge in [-0.3, -0.25) is 9.59 Å². The number of esters is 1. The second-order valence-electron chi connectivity index (χ2n) is 7.32. The van der Waals surface area contributed by atoms with Gasteiger partial charge in [-0.25, -0.2) is 0 Å². The van der Waals surface area contributed by atoms with Crippen molar-refractivity contribution in [1.82, 2.24) is 4.90 Å². The number of likely N-dealkylation sites (tertiary alicyclic amines) is 1. The number of nitrogens with zero attached hydrogens (tertiary/aromatic N) is 1. The SMILES string of the molecule is COC(=O)[C@@]12COC[C@@H]1CN(C(=O)c1ccccc1OCc1ccccc1)C2.Cl. The molecule has 0 N–H and O–H groups in total. The number of halogens is 1. The molecule has 154 valence electrons. The van der Waals surface area contributed by atoms with E-state index in [2.05, 4.69) is 0 Å². The number of carbonyl (C=O) groups is 2. The van der Waals surface area contributed by atoms with Gasteiger partial charge < -0.3 is 19.1 Å². The van der Waals surface area contributed by atoms with Crippen LogP contribution < -0.4 is 4.74 Å². The smallest absolute Gasteiger partial charge is 0.316 e. The fourth-order valence-electron chi connectivity index (χ4n) is 4.06. The van der Waals surface area contributed by atoms with Crippen LogP contribution in [0.5, 0.6) is 5.75 Å². The normalized spacial score (nSPS) is 22.5.